The second-order valence-electron chi connectivity index (χ2n) is 4.86. The summed E-state index contributed by atoms with van der Waals surface area (Å²) in [5.41, 5.74) is -0.718. The average molecular weight is 295 g/mol. The Morgan fingerprint density at radius 2 is 1.90 bits per heavy atom. The number of carboxylic acid groups (broad SMARTS) is 1. The topological polar surface area (TPSA) is 95.9 Å². The molecule has 0 unspecified atom stereocenters. The molecule has 0 fully saturated rings. The van der Waals surface area contributed by atoms with Gasteiger partial charge in [-0.1, -0.05) is 13.8 Å². The molecule has 1 aromatic rings. The van der Waals surface area contributed by atoms with Crippen LogP contribution >= 0.6 is 0 Å². The lowest BCUT2D eigenvalue weighted by Crippen LogP contribution is -2.42. The van der Waals surface area contributed by atoms with Crippen molar-refractivity contribution in [2.45, 2.75) is 26.7 Å². The number of hydrogen-bond acceptors (Lipinski definition) is 4. The largest absolute Gasteiger partial charge is 0.504 e. The first kappa shape index (κ1) is 16.8. The van der Waals surface area contributed by atoms with Gasteiger partial charge in [-0.15, -0.1) is 0 Å². The summed E-state index contributed by atoms with van der Waals surface area (Å²) in [4.78, 5) is 23.4. The molecular weight excluding hydrogens is 274 g/mol. The van der Waals surface area contributed by atoms with Gasteiger partial charge in [0.15, 0.2) is 11.5 Å². The van der Waals surface area contributed by atoms with Crippen molar-refractivity contribution in [2.24, 2.45) is 5.41 Å². The van der Waals surface area contributed by atoms with Crippen LogP contribution < -0.4 is 10.1 Å². The van der Waals surface area contributed by atoms with Gasteiger partial charge in [-0.3, -0.25) is 9.59 Å². The minimum absolute atomic E-state index is 0.0426. The van der Waals surface area contributed by atoms with E-state index in [2.05, 4.69) is 5.32 Å². The van der Waals surface area contributed by atoms with E-state index < -0.39 is 17.3 Å². The molecule has 0 atom stereocenters. The Labute approximate surface area is 123 Å². The summed E-state index contributed by atoms with van der Waals surface area (Å²) in [7, 11) is 1.42. The number of hydrogen-bond donors (Lipinski definition) is 3. The normalized spacial score (nSPS) is 11.0. The molecule has 0 spiro atoms. The van der Waals surface area contributed by atoms with Crippen LogP contribution in [0, 0.1) is 5.41 Å². The highest BCUT2D eigenvalue weighted by atomic mass is 16.5. The highest BCUT2D eigenvalue weighted by Crippen LogP contribution is 2.27. The van der Waals surface area contributed by atoms with Crippen molar-refractivity contribution in [3.8, 4) is 11.5 Å². The molecule has 6 heteroatoms. The van der Waals surface area contributed by atoms with Crippen LogP contribution in [0.1, 0.15) is 37.0 Å². The molecule has 3 N–H and O–H groups in total. The number of nitrogens with one attached hydrogen (secondary N) is 1. The van der Waals surface area contributed by atoms with E-state index in [0.29, 0.717) is 12.8 Å². The van der Waals surface area contributed by atoms with Crippen LogP contribution in [0.3, 0.4) is 0 Å². The molecule has 116 valence electrons. The van der Waals surface area contributed by atoms with Gasteiger partial charge in [-0.2, -0.15) is 0 Å². The lowest BCUT2D eigenvalue weighted by Gasteiger charge is -2.26. The maximum Gasteiger partial charge on any atom is 0.311 e. The summed E-state index contributed by atoms with van der Waals surface area (Å²) in [5, 5.41) is 21.6. The van der Waals surface area contributed by atoms with E-state index >= 15 is 0 Å². The van der Waals surface area contributed by atoms with E-state index in [-0.39, 0.29) is 23.6 Å². The highest BCUT2D eigenvalue weighted by molar-refractivity contribution is 5.95. The Morgan fingerprint density at radius 3 is 2.33 bits per heavy atom. The Hall–Kier alpha value is -2.24. The molecule has 0 radical (unpaired) electrons. The molecule has 1 aromatic carbocycles. The smallest absolute Gasteiger partial charge is 0.311 e. The van der Waals surface area contributed by atoms with Crippen LogP contribution in [0.15, 0.2) is 18.2 Å². The van der Waals surface area contributed by atoms with E-state index in [1.165, 1.54) is 25.3 Å². The first-order chi connectivity index (χ1) is 9.90. The zero-order valence-corrected chi connectivity index (χ0v) is 12.5. The average Bonchev–Trinajstić information content (AvgIpc) is 2.48. The van der Waals surface area contributed by atoms with E-state index in [0.717, 1.165) is 0 Å². The summed E-state index contributed by atoms with van der Waals surface area (Å²) in [5.74, 6) is -1.22. The molecule has 0 bridgehead atoms. The number of rotatable bonds is 7. The van der Waals surface area contributed by atoms with Crippen LogP contribution in [-0.4, -0.2) is 35.7 Å². The van der Waals surface area contributed by atoms with Gasteiger partial charge in [0.1, 0.15) is 0 Å². The zero-order valence-electron chi connectivity index (χ0n) is 12.5. The van der Waals surface area contributed by atoms with Crippen molar-refractivity contribution < 1.29 is 24.5 Å². The van der Waals surface area contributed by atoms with Gasteiger partial charge in [-0.05, 0) is 31.0 Å². The van der Waals surface area contributed by atoms with Crippen molar-refractivity contribution in [1.82, 2.24) is 5.32 Å². The second kappa shape index (κ2) is 6.97. The van der Waals surface area contributed by atoms with Crippen molar-refractivity contribution in [1.29, 1.82) is 0 Å². The number of phenols is 1. The quantitative estimate of drug-likeness (QED) is 0.715. The van der Waals surface area contributed by atoms with Crippen LogP contribution in [-0.2, 0) is 4.79 Å². The Morgan fingerprint density at radius 1 is 1.29 bits per heavy atom. The number of ether oxygens (including phenoxy) is 1. The van der Waals surface area contributed by atoms with E-state index in [4.69, 9.17) is 4.74 Å². The zero-order chi connectivity index (χ0) is 16.0. The Kier molecular flexibility index (Phi) is 5.58. The maximum absolute atomic E-state index is 12.0. The number of amides is 1. The number of carbonyl (C=O) groups is 2. The molecule has 0 aliphatic heterocycles. The number of carboxylic acids is 1. The summed E-state index contributed by atoms with van der Waals surface area (Å²) in [6, 6.07) is 4.27. The highest BCUT2D eigenvalue weighted by Gasteiger charge is 2.35. The standard InChI is InChI=1S/C15H21NO5/c1-4-15(5-2,14(19)20)9-16-13(18)10-6-7-12(21-3)11(17)8-10/h6-8,17H,4-5,9H2,1-3H3,(H,16,18)(H,19,20). The predicted molar refractivity (Wildman–Crippen MR) is 77.6 cm³/mol. The van der Waals surface area contributed by atoms with Gasteiger partial charge in [0, 0.05) is 12.1 Å². The second-order valence-corrected chi connectivity index (χ2v) is 4.86. The number of benzene rings is 1. The fourth-order valence-electron chi connectivity index (χ4n) is 2.06. The molecule has 1 rings (SSSR count). The predicted octanol–water partition coefficient (Wildman–Crippen LogP) is 2.02. The van der Waals surface area contributed by atoms with Crippen molar-refractivity contribution in [2.75, 3.05) is 13.7 Å². The summed E-state index contributed by atoms with van der Waals surface area (Å²) < 4.78 is 4.90. The Bertz CT molecular complexity index is 523. The molecule has 0 heterocycles. The van der Waals surface area contributed by atoms with E-state index in [9.17, 15) is 19.8 Å². The first-order valence-corrected chi connectivity index (χ1v) is 6.78. The monoisotopic (exact) mass is 295 g/mol. The third-order valence-corrected chi connectivity index (χ3v) is 3.84. The van der Waals surface area contributed by atoms with Gasteiger partial charge in [-0.25, -0.2) is 0 Å². The minimum atomic E-state index is -0.968. The minimum Gasteiger partial charge on any atom is -0.504 e. The molecule has 0 saturated carbocycles. The lowest BCUT2D eigenvalue weighted by atomic mass is 9.82. The van der Waals surface area contributed by atoms with Crippen molar-refractivity contribution >= 4 is 11.9 Å². The Balaban J connectivity index is 2.82. The summed E-state index contributed by atoms with van der Waals surface area (Å²) >= 11 is 0. The molecule has 1 amide bonds. The maximum atomic E-state index is 12.0. The number of carbonyl (C=O) groups excluding carboxylic acids is 1. The van der Waals surface area contributed by atoms with Crippen LogP contribution in [0.4, 0.5) is 0 Å². The summed E-state index contributed by atoms with van der Waals surface area (Å²) in [6.07, 6.45) is 0.847. The third-order valence-electron chi connectivity index (χ3n) is 3.84. The first-order valence-electron chi connectivity index (χ1n) is 6.78. The molecule has 21 heavy (non-hydrogen) atoms. The molecule has 0 aliphatic carbocycles. The fourth-order valence-corrected chi connectivity index (χ4v) is 2.06. The van der Waals surface area contributed by atoms with Crippen LogP contribution in [0.2, 0.25) is 0 Å². The van der Waals surface area contributed by atoms with Gasteiger partial charge in [0.05, 0.1) is 12.5 Å². The third kappa shape index (κ3) is 3.65. The number of phenolic OH excluding ortho intramolecular Hbond substituents is 1. The van der Waals surface area contributed by atoms with Crippen molar-refractivity contribution in [3.63, 3.8) is 0 Å². The molecule has 6 nitrogen and oxygen atoms in total. The molecule has 0 aromatic heterocycles. The number of aromatic hydroxyl groups is 1. The fraction of sp³-hybridized carbons (Fsp3) is 0.467. The van der Waals surface area contributed by atoms with Gasteiger partial charge >= 0.3 is 5.97 Å². The van der Waals surface area contributed by atoms with Crippen molar-refractivity contribution in [3.05, 3.63) is 23.8 Å². The van der Waals surface area contributed by atoms with Gasteiger partial charge in [0.25, 0.3) is 5.91 Å². The molecule has 0 aliphatic rings. The van der Waals surface area contributed by atoms with E-state index in [1.807, 2.05) is 0 Å². The molecular formula is C15H21NO5. The van der Waals surface area contributed by atoms with Crippen LogP contribution in [0.25, 0.3) is 0 Å². The van der Waals surface area contributed by atoms with E-state index in [1.54, 1.807) is 13.8 Å². The number of aliphatic carboxylic acids is 1. The summed E-state index contributed by atoms with van der Waals surface area (Å²) in [6.45, 7) is 3.60. The van der Waals surface area contributed by atoms with Crippen LogP contribution in [0.5, 0.6) is 11.5 Å². The number of methoxy groups -OCH3 is 1. The SMILES string of the molecule is CCC(CC)(CNC(=O)c1ccc(OC)c(O)c1)C(=O)O. The lowest BCUT2D eigenvalue weighted by molar-refractivity contribution is -0.149. The van der Waals surface area contributed by atoms with Gasteiger partial charge in [0.2, 0.25) is 0 Å². The van der Waals surface area contributed by atoms with Gasteiger partial charge < -0.3 is 20.3 Å². The molecule has 0 saturated heterocycles.